The molecule has 0 spiro atoms. The Bertz CT molecular complexity index is 347. The van der Waals surface area contributed by atoms with Gasteiger partial charge in [-0.25, -0.2) is 0 Å². The molecule has 0 saturated carbocycles. The third-order valence-electron chi connectivity index (χ3n) is 2.38. The van der Waals surface area contributed by atoms with Gasteiger partial charge in [-0.05, 0) is 25.0 Å². The third-order valence-corrected chi connectivity index (χ3v) is 2.69. The van der Waals surface area contributed by atoms with Crippen molar-refractivity contribution in [2.75, 3.05) is 0 Å². The molecule has 0 unspecified atom stereocenters. The van der Waals surface area contributed by atoms with Crippen LogP contribution in [0.2, 0.25) is 0 Å². The normalized spacial score (nSPS) is 12.9. The van der Waals surface area contributed by atoms with Crippen molar-refractivity contribution in [3.8, 4) is 0 Å². The molecule has 0 aliphatic rings. The van der Waals surface area contributed by atoms with Crippen LogP contribution in [0.4, 0.5) is 13.2 Å². The summed E-state index contributed by atoms with van der Waals surface area (Å²) in [7, 11) is 0. The number of nitrogens with zero attached hydrogens (tertiary/aromatic N) is 1. The molecule has 1 aromatic heterocycles. The van der Waals surface area contributed by atoms with E-state index >= 15 is 0 Å². The van der Waals surface area contributed by atoms with Crippen LogP contribution in [0.1, 0.15) is 25.0 Å². The highest BCUT2D eigenvalue weighted by atomic mass is 35.5. The van der Waals surface area contributed by atoms with Crippen molar-refractivity contribution in [3.63, 3.8) is 0 Å². The van der Waals surface area contributed by atoms with Crippen LogP contribution in [-0.2, 0) is 11.3 Å². The first kappa shape index (κ1) is 12.3. The second kappa shape index (κ2) is 4.00. The Morgan fingerprint density at radius 1 is 1.27 bits per heavy atom. The predicted molar refractivity (Wildman–Crippen MR) is 52.9 cm³/mol. The molecule has 1 aromatic rings. The smallest absolute Gasteiger partial charge is 0.264 e. The molecule has 1 rings (SSSR count). The Kier molecular flexibility index (Phi) is 3.28. The molecule has 1 nitrogen and oxygen atoms in total. The van der Waals surface area contributed by atoms with Crippen LogP contribution in [0.25, 0.3) is 0 Å². The first-order valence-electron chi connectivity index (χ1n) is 4.36. The summed E-state index contributed by atoms with van der Waals surface area (Å²) < 4.78 is 38.1. The summed E-state index contributed by atoms with van der Waals surface area (Å²) in [4.78, 5) is 3.75. The van der Waals surface area contributed by atoms with Gasteiger partial charge in [-0.2, -0.15) is 13.2 Å². The average molecular weight is 238 g/mol. The van der Waals surface area contributed by atoms with Gasteiger partial charge in [0.1, 0.15) is 0 Å². The van der Waals surface area contributed by atoms with Gasteiger partial charge >= 0.3 is 6.18 Å². The predicted octanol–water partition coefficient (Wildman–Crippen LogP) is 3.66. The van der Waals surface area contributed by atoms with Gasteiger partial charge in [0.25, 0.3) is 0 Å². The van der Waals surface area contributed by atoms with E-state index in [1.807, 2.05) is 0 Å². The summed E-state index contributed by atoms with van der Waals surface area (Å²) in [6.45, 7) is 2.25. The van der Waals surface area contributed by atoms with E-state index in [0.717, 1.165) is 13.8 Å². The van der Waals surface area contributed by atoms with Crippen LogP contribution in [-0.4, -0.2) is 11.2 Å². The average Bonchev–Trinajstić information content (AvgIpc) is 2.16. The van der Waals surface area contributed by atoms with E-state index in [1.54, 1.807) is 0 Å². The second-order valence-electron chi connectivity index (χ2n) is 3.84. The fourth-order valence-electron chi connectivity index (χ4n) is 1.07. The number of aromatic nitrogens is 1. The van der Waals surface area contributed by atoms with Crippen LogP contribution < -0.4 is 0 Å². The molecular formula is C10H11ClF3N. The molecule has 5 heteroatoms. The summed E-state index contributed by atoms with van der Waals surface area (Å²) in [6, 6.07) is 1.44. The number of rotatable bonds is 2. The lowest BCUT2D eigenvalue weighted by Gasteiger charge is -2.28. The Hall–Kier alpha value is -0.770. The minimum atomic E-state index is -4.29. The van der Waals surface area contributed by atoms with E-state index in [1.165, 1.54) is 18.5 Å². The molecule has 0 aliphatic heterocycles. The Balaban J connectivity index is 3.15. The molecule has 1 heterocycles. The minimum absolute atomic E-state index is 0.133. The van der Waals surface area contributed by atoms with Gasteiger partial charge in [-0.1, -0.05) is 6.07 Å². The lowest BCUT2D eigenvalue weighted by Crippen LogP contribution is -2.36. The fourth-order valence-corrected chi connectivity index (χ4v) is 1.21. The van der Waals surface area contributed by atoms with E-state index < -0.39 is 11.6 Å². The van der Waals surface area contributed by atoms with Crippen LogP contribution in [0.15, 0.2) is 18.5 Å². The number of hydrogen-bond acceptors (Lipinski definition) is 1. The first-order valence-corrected chi connectivity index (χ1v) is 4.89. The molecule has 0 amide bonds. The van der Waals surface area contributed by atoms with Gasteiger partial charge in [0.15, 0.2) is 0 Å². The summed E-state index contributed by atoms with van der Waals surface area (Å²) in [5.74, 6) is 0.161. The van der Waals surface area contributed by atoms with Crippen molar-refractivity contribution in [3.05, 3.63) is 29.6 Å². The Morgan fingerprint density at radius 3 is 2.33 bits per heavy atom. The maximum atomic E-state index is 12.7. The van der Waals surface area contributed by atoms with Crippen LogP contribution >= 0.6 is 11.6 Å². The third kappa shape index (κ3) is 2.43. The van der Waals surface area contributed by atoms with E-state index in [4.69, 9.17) is 11.6 Å². The molecule has 0 fully saturated rings. The zero-order valence-electron chi connectivity index (χ0n) is 8.40. The van der Waals surface area contributed by atoms with E-state index in [0.29, 0.717) is 5.56 Å². The van der Waals surface area contributed by atoms with Gasteiger partial charge < -0.3 is 0 Å². The van der Waals surface area contributed by atoms with Crippen molar-refractivity contribution in [1.82, 2.24) is 4.98 Å². The maximum Gasteiger partial charge on any atom is 0.397 e. The summed E-state index contributed by atoms with van der Waals surface area (Å²) in [5, 5.41) is 0. The molecule has 0 aromatic carbocycles. The number of alkyl halides is 4. The lowest BCUT2D eigenvalue weighted by molar-refractivity contribution is -0.180. The number of pyridine rings is 1. The molecule has 0 bridgehead atoms. The summed E-state index contributed by atoms with van der Waals surface area (Å²) >= 11 is 5.54. The first-order chi connectivity index (χ1) is 6.79. The highest BCUT2D eigenvalue weighted by molar-refractivity contribution is 6.17. The number of hydrogen-bond donors (Lipinski definition) is 0. The fraction of sp³-hybridized carbons (Fsp3) is 0.500. The Labute approximate surface area is 91.3 Å². The number of halogens is 4. The lowest BCUT2D eigenvalue weighted by atomic mass is 9.84. The monoisotopic (exact) mass is 237 g/mol. The highest BCUT2D eigenvalue weighted by Crippen LogP contribution is 2.40. The molecular weight excluding hydrogens is 227 g/mol. The zero-order valence-corrected chi connectivity index (χ0v) is 9.15. The largest absolute Gasteiger partial charge is 0.397 e. The second-order valence-corrected chi connectivity index (χ2v) is 4.11. The van der Waals surface area contributed by atoms with Crippen molar-refractivity contribution in [2.24, 2.45) is 0 Å². The van der Waals surface area contributed by atoms with Gasteiger partial charge in [0, 0.05) is 18.3 Å². The van der Waals surface area contributed by atoms with Crippen molar-refractivity contribution in [2.45, 2.75) is 31.3 Å². The summed E-state index contributed by atoms with van der Waals surface area (Å²) in [5.41, 5.74) is -1.18. The standard InChI is InChI=1S/C10H11ClF3N/c1-9(2,10(12,13)14)8-3-7(4-11)5-15-6-8/h3,5-6H,4H2,1-2H3. The molecule has 0 saturated heterocycles. The molecule has 84 valence electrons. The Morgan fingerprint density at radius 2 is 1.87 bits per heavy atom. The van der Waals surface area contributed by atoms with Gasteiger partial charge in [0.2, 0.25) is 0 Å². The van der Waals surface area contributed by atoms with Crippen LogP contribution in [0, 0.1) is 0 Å². The topological polar surface area (TPSA) is 12.9 Å². The zero-order chi connectivity index (χ0) is 11.7. The summed E-state index contributed by atoms with van der Waals surface area (Å²) in [6.07, 6.45) is -1.61. The van der Waals surface area contributed by atoms with Crippen molar-refractivity contribution in [1.29, 1.82) is 0 Å². The van der Waals surface area contributed by atoms with Crippen LogP contribution in [0.5, 0.6) is 0 Å². The molecule has 0 atom stereocenters. The van der Waals surface area contributed by atoms with Gasteiger partial charge in [0.05, 0.1) is 5.41 Å². The van der Waals surface area contributed by atoms with E-state index in [-0.39, 0.29) is 11.4 Å². The highest BCUT2D eigenvalue weighted by Gasteiger charge is 2.48. The molecule has 0 radical (unpaired) electrons. The van der Waals surface area contributed by atoms with E-state index in [9.17, 15) is 13.2 Å². The van der Waals surface area contributed by atoms with Crippen molar-refractivity contribution < 1.29 is 13.2 Å². The van der Waals surface area contributed by atoms with Gasteiger partial charge in [-0.15, -0.1) is 11.6 Å². The molecule has 0 N–H and O–H groups in total. The van der Waals surface area contributed by atoms with Crippen LogP contribution in [0.3, 0.4) is 0 Å². The van der Waals surface area contributed by atoms with Gasteiger partial charge in [-0.3, -0.25) is 4.98 Å². The molecule has 0 aliphatic carbocycles. The van der Waals surface area contributed by atoms with E-state index in [2.05, 4.69) is 4.98 Å². The molecule has 15 heavy (non-hydrogen) atoms. The minimum Gasteiger partial charge on any atom is -0.264 e. The SMILES string of the molecule is CC(C)(c1cncc(CCl)c1)C(F)(F)F. The van der Waals surface area contributed by atoms with Crippen molar-refractivity contribution >= 4 is 11.6 Å². The quantitative estimate of drug-likeness (QED) is 0.716. The maximum absolute atomic E-state index is 12.7.